The van der Waals surface area contributed by atoms with Crippen molar-refractivity contribution in [2.75, 3.05) is 92.2 Å². The van der Waals surface area contributed by atoms with E-state index in [-0.39, 0.29) is 6.09 Å². The summed E-state index contributed by atoms with van der Waals surface area (Å²) in [6.07, 6.45) is -0.230. The zero-order valence-corrected chi connectivity index (χ0v) is 21.7. The van der Waals surface area contributed by atoms with Gasteiger partial charge in [0, 0.05) is 32.7 Å². The van der Waals surface area contributed by atoms with E-state index in [1.165, 1.54) is 0 Å². The molecule has 1 amide bonds. The lowest BCUT2D eigenvalue weighted by Crippen LogP contribution is -2.50. The van der Waals surface area contributed by atoms with Crippen molar-refractivity contribution in [2.24, 2.45) is 0 Å². The van der Waals surface area contributed by atoms with Crippen molar-refractivity contribution in [1.29, 1.82) is 0 Å². The first kappa shape index (κ1) is 29.5. The van der Waals surface area contributed by atoms with E-state index in [9.17, 15) is 4.79 Å². The summed E-state index contributed by atoms with van der Waals surface area (Å²) in [6, 6.07) is 10.1. The predicted molar refractivity (Wildman–Crippen MR) is 134 cm³/mol. The third-order valence-electron chi connectivity index (χ3n) is 5.18. The smallest absolute Gasteiger partial charge is 0.410 e. The monoisotopic (exact) mass is 496 g/mol. The van der Waals surface area contributed by atoms with E-state index in [4.69, 9.17) is 28.4 Å². The van der Waals surface area contributed by atoms with Gasteiger partial charge in [0.05, 0.1) is 66.1 Å². The van der Waals surface area contributed by atoms with Crippen LogP contribution in [0.3, 0.4) is 0 Å². The molecular formula is C26H44N2O7. The third kappa shape index (κ3) is 15.1. The van der Waals surface area contributed by atoms with Gasteiger partial charge in [-0.1, -0.05) is 30.3 Å². The fourth-order valence-corrected chi connectivity index (χ4v) is 3.32. The van der Waals surface area contributed by atoms with Crippen LogP contribution in [-0.2, 0) is 35.0 Å². The Bertz CT molecular complexity index is 661. The largest absolute Gasteiger partial charge is 0.444 e. The average molecular weight is 497 g/mol. The van der Waals surface area contributed by atoms with E-state index in [1.54, 1.807) is 4.90 Å². The number of carbonyl (C=O) groups is 1. The molecule has 9 nitrogen and oxygen atoms in total. The molecule has 0 saturated carbocycles. The minimum absolute atomic E-state index is 0.230. The molecule has 0 unspecified atom stereocenters. The lowest BCUT2D eigenvalue weighted by atomic mass is 10.2. The van der Waals surface area contributed by atoms with Crippen molar-refractivity contribution in [2.45, 2.75) is 33.0 Å². The van der Waals surface area contributed by atoms with Crippen molar-refractivity contribution < 1.29 is 33.2 Å². The molecule has 2 rings (SSSR count). The molecule has 35 heavy (non-hydrogen) atoms. The van der Waals surface area contributed by atoms with Gasteiger partial charge >= 0.3 is 6.09 Å². The van der Waals surface area contributed by atoms with Gasteiger partial charge < -0.3 is 33.3 Å². The van der Waals surface area contributed by atoms with Gasteiger partial charge in [0.2, 0.25) is 0 Å². The van der Waals surface area contributed by atoms with Gasteiger partial charge in [-0.15, -0.1) is 0 Å². The van der Waals surface area contributed by atoms with Gasteiger partial charge in [0.25, 0.3) is 0 Å². The third-order valence-corrected chi connectivity index (χ3v) is 5.18. The molecule has 0 aliphatic carbocycles. The minimum atomic E-state index is -0.455. The molecule has 1 aromatic carbocycles. The standard InChI is InChI=1S/C26H44N2O7/c1-26(2,3)35-25(29)28-11-9-27(10-12-28)13-14-30-15-16-31-17-18-32-19-20-33-21-22-34-23-24-7-5-4-6-8-24/h4-8H,9-23H2,1-3H3. The Labute approximate surface area is 210 Å². The Morgan fingerprint density at radius 3 is 1.71 bits per heavy atom. The molecule has 0 aromatic heterocycles. The van der Waals surface area contributed by atoms with Crippen molar-refractivity contribution in [3.8, 4) is 0 Å². The highest BCUT2D eigenvalue weighted by molar-refractivity contribution is 5.68. The van der Waals surface area contributed by atoms with Crippen LogP contribution < -0.4 is 0 Å². The Morgan fingerprint density at radius 2 is 1.20 bits per heavy atom. The number of ether oxygens (including phenoxy) is 6. The van der Waals surface area contributed by atoms with Crippen molar-refractivity contribution in [1.82, 2.24) is 9.80 Å². The van der Waals surface area contributed by atoms with Crippen LogP contribution in [0, 0.1) is 0 Å². The maximum Gasteiger partial charge on any atom is 0.410 e. The second kappa shape index (κ2) is 17.6. The molecular weight excluding hydrogens is 452 g/mol. The molecule has 0 spiro atoms. The number of hydrogen-bond donors (Lipinski definition) is 0. The lowest BCUT2D eigenvalue weighted by Gasteiger charge is -2.35. The quantitative estimate of drug-likeness (QED) is 0.305. The fourth-order valence-electron chi connectivity index (χ4n) is 3.32. The van der Waals surface area contributed by atoms with Gasteiger partial charge in [0.15, 0.2) is 0 Å². The highest BCUT2D eigenvalue weighted by Gasteiger charge is 2.25. The van der Waals surface area contributed by atoms with E-state index in [0.29, 0.717) is 79.2 Å². The molecule has 9 heteroatoms. The van der Waals surface area contributed by atoms with Crippen LogP contribution in [0.2, 0.25) is 0 Å². The SMILES string of the molecule is CC(C)(C)OC(=O)N1CCN(CCOCCOCCOCCOCCOCc2ccccc2)CC1. The van der Waals surface area contributed by atoms with Gasteiger partial charge in [-0.3, -0.25) is 4.90 Å². The molecule has 1 heterocycles. The summed E-state index contributed by atoms with van der Waals surface area (Å²) in [5.74, 6) is 0. The Kier molecular flexibility index (Phi) is 14.9. The van der Waals surface area contributed by atoms with Crippen LogP contribution in [0.15, 0.2) is 30.3 Å². The number of hydrogen-bond acceptors (Lipinski definition) is 8. The number of piperazine rings is 1. The molecule has 0 atom stereocenters. The summed E-state index contributed by atoms with van der Waals surface area (Å²) < 4.78 is 33.1. The van der Waals surface area contributed by atoms with Crippen molar-refractivity contribution >= 4 is 6.09 Å². The second-order valence-electron chi connectivity index (χ2n) is 9.30. The number of carbonyl (C=O) groups excluding carboxylic acids is 1. The van der Waals surface area contributed by atoms with E-state index in [0.717, 1.165) is 25.2 Å². The van der Waals surface area contributed by atoms with Gasteiger partial charge in [0.1, 0.15) is 5.60 Å². The van der Waals surface area contributed by atoms with Crippen molar-refractivity contribution in [3.63, 3.8) is 0 Å². The summed E-state index contributed by atoms with van der Waals surface area (Å²) in [5.41, 5.74) is 0.708. The molecule has 200 valence electrons. The summed E-state index contributed by atoms with van der Waals surface area (Å²) in [5, 5.41) is 0. The minimum Gasteiger partial charge on any atom is -0.444 e. The van der Waals surface area contributed by atoms with Crippen LogP contribution in [0.25, 0.3) is 0 Å². The maximum atomic E-state index is 12.1. The molecule has 1 aliphatic rings. The summed E-state index contributed by atoms with van der Waals surface area (Å²) >= 11 is 0. The van der Waals surface area contributed by atoms with Crippen LogP contribution in [0.5, 0.6) is 0 Å². The highest BCUT2D eigenvalue weighted by atomic mass is 16.6. The number of rotatable bonds is 17. The van der Waals surface area contributed by atoms with Crippen LogP contribution in [-0.4, -0.2) is 114 Å². The summed E-state index contributed by atoms with van der Waals surface area (Å²) in [6.45, 7) is 15.2. The topological polar surface area (TPSA) is 78.9 Å². The first-order chi connectivity index (χ1) is 16.9. The number of amides is 1. The molecule has 0 N–H and O–H groups in total. The molecule has 0 radical (unpaired) electrons. The Hall–Kier alpha value is -1.75. The predicted octanol–water partition coefficient (Wildman–Crippen LogP) is 2.82. The zero-order valence-electron chi connectivity index (χ0n) is 21.7. The maximum absolute atomic E-state index is 12.1. The van der Waals surface area contributed by atoms with E-state index >= 15 is 0 Å². The van der Waals surface area contributed by atoms with E-state index in [2.05, 4.69) is 4.90 Å². The number of nitrogens with zero attached hydrogens (tertiary/aromatic N) is 2. The molecule has 1 saturated heterocycles. The van der Waals surface area contributed by atoms with Crippen LogP contribution >= 0.6 is 0 Å². The van der Waals surface area contributed by atoms with Crippen molar-refractivity contribution in [3.05, 3.63) is 35.9 Å². The normalized spacial score (nSPS) is 14.9. The molecule has 1 aromatic rings. The summed E-state index contributed by atoms with van der Waals surface area (Å²) in [7, 11) is 0. The van der Waals surface area contributed by atoms with Crippen LogP contribution in [0.1, 0.15) is 26.3 Å². The first-order valence-corrected chi connectivity index (χ1v) is 12.6. The van der Waals surface area contributed by atoms with Gasteiger partial charge in [-0.2, -0.15) is 0 Å². The number of benzene rings is 1. The average Bonchev–Trinajstić information content (AvgIpc) is 2.83. The fraction of sp³-hybridized carbons (Fsp3) is 0.731. The molecule has 1 fully saturated rings. The zero-order chi connectivity index (χ0) is 25.2. The van der Waals surface area contributed by atoms with E-state index < -0.39 is 5.60 Å². The van der Waals surface area contributed by atoms with E-state index in [1.807, 2.05) is 51.1 Å². The molecule has 0 bridgehead atoms. The molecule has 1 aliphatic heterocycles. The van der Waals surface area contributed by atoms with Crippen LogP contribution in [0.4, 0.5) is 4.79 Å². The summed E-state index contributed by atoms with van der Waals surface area (Å²) in [4.78, 5) is 16.2. The second-order valence-corrected chi connectivity index (χ2v) is 9.30. The first-order valence-electron chi connectivity index (χ1n) is 12.6. The Balaban J connectivity index is 1.28. The van der Waals surface area contributed by atoms with Gasteiger partial charge in [-0.05, 0) is 26.3 Å². The highest BCUT2D eigenvalue weighted by Crippen LogP contribution is 2.11. The lowest BCUT2D eigenvalue weighted by molar-refractivity contribution is -0.0148. The Morgan fingerprint density at radius 1 is 0.714 bits per heavy atom. The van der Waals surface area contributed by atoms with Gasteiger partial charge in [-0.25, -0.2) is 4.79 Å².